The molecule has 0 unspecified atom stereocenters. The van der Waals surface area contributed by atoms with Crippen molar-refractivity contribution < 1.29 is 19.1 Å². The van der Waals surface area contributed by atoms with Crippen molar-refractivity contribution >= 4 is 11.9 Å². The number of allylic oxidation sites excluding steroid dienone is 3. The minimum absolute atomic E-state index is 0.0117. The van der Waals surface area contributed by atoms with E-state index in [0.29, 0.717) is 31.5 Å². The topological polar surface area (TPSA) is 82.5 Å². The van der Waals surface area contributed by atoms with Crippen molar-refractivity contribution in [3.05, 3.63) is 40.2 Å². The second-order valence-corrected chi connectivity index (χ2v) is 8.69. The van der Waals surface area contributed by atoms with Gasteiger partial charge in [-0.05, 0) is 50.0 Å². The summed E-state index contributed by atoms with van der Waals surface area (Å²) in [7, 11) is 0. The SMILES string of the molecule is CCc1nn(CCOC(=O)CC2=CCC(C)=C2)c2c1C(=O)NCC1(CCOCC1)C2. The van der Waals surface area contributed by atoms with E-state index in [2.05, 4.69) is 18.3 Å². The van der Waals surface area contributed by atoms with E-state index in [1.807, 2.05) is 17.7 Å². The van der Waals surface area contributed by atoms with Crippen LogP contribution < -0.4 is 5.32 Å². The molecule has 1 spiro atoms. The average Bonchev–Trinajstić information content (AvgIpc) is 3.26. The van der Waals surface area contributed by atoms with E-state index in [0.717, 1.165) is 55.9 Å². The molecule has 3 aliphatic rings. The molecular formula is C23H31N3O4. The molecular weight excluding hydrogens is 382 g/mol. The summed E-state index contributed by atoms with van der Waals surface area (Å²) in [6.07, 6.45) is 8.68. The average molecular weight is 414 g/mol. The summed E-state index contributed by atoms with van der Waals surface area (Å²) in [5, 5.41) is 7.83. The minimum Gasteiger partial charge on any atom is -0.463 e. The first-order valence-corrected chi connectivity index (χ1v) is 11.0. The van der Waals surface area contributed by atoms with E-state index in [4.69, 9.17) is 14.6 Å². The first kappa shape index (κ1) is 20.8. The Morgan fingerprint density at radius 1 is 1.37 bits per heavy atom. The molecule has 1 fully saturated rings. The monoisotopic (exact) mass is 413 g/mol. The summed E-state index contributed by atoms with van der Waals surface area (Å²) >= 11 is 0. The number of aromatic nitrogens is 2. The summed E-state index contributed by atoms with van der Waals surface area (Å²) in [6.45, 7) is 6.91. The van der Waals surface area contributed by atoms with Gasteiger partial charge in [0.05, 0.1) is 29.9 Å². The van der Waals surface area contributed by atoms with E-state index >= 15 is 0 Å². The molecule has 0 atom stereocenters. The van der Waals surface area contributed by atoms with E-state index < -0.39 is 0 Å². The summed E-state index contributed by atoms with van der Waals surface area (Å²) in [5.41, 5.74) is 4.80. The Morgan fingerprint density at radius 3 is 2.87 bits per heavy atom. The maximum absolute atomic E-state index is 12.8. The molecule has 1 saturated heterocycles. The normalized spacial score (nSPS) is 20.3. The molecule has 162 valence electrons. The van der Waals surface area contributed by atoms with Crippen LogP contribution in [0, 0.1) is 5.41 Å². The summed E-state index contributed by atoms with van der Waals surface area (Å²) in [5.74, 6) is -0.261. The van der Waals surface area contributed by atoms with Crippen molar-refractivity contribution in [2.75, 3.05) is 26.4 Å². The third kappa shape index (κ3) is 4.36. The van der Waals surface area contributed by atoms with Gasteiger partial charge in [0.2, 0.25) is 0 Å². The molecule has 0 saturated carbocycles. The number of esters is 1. The van der Waals surface area contributed by atoms with Gasteiger partial charge in [-0.1, -0.05) is 24.6 Å². The van der Waals surface area contributed by atoms with Crippen molar-refractivity contribution in [1.29, 1.82) is 0 Å². The maximum Gasteiger partial charge on any atom is 0.310 e. The maximum atomic E-state index is 12.8. The highest BCUT2D eigenvalue weighted by Crippen LogP contribution is 2.37. The van der Waals surface area contributed by atoms with Crippen molar-refractivity contribution in [1.82, 2.24) is 15.1 Å². The standard InChI is InChI=1S/C23H31N3O4/c1-3-18-21-19(14-23(15-24-22(21)28)6-9-29-10-7-23)26(25-18)8-11-30-20(27)13-17-5-4-16(2)12-17/h5,12H,3-4,6-11,13-15H2,1-2H3,(H,24,28). The number of hydrogen-bond acceptors (Lipinski definition) is 5. The number of aryl methyl sites for hydroxylation is 1. The van der Waals surface area contributed by atoms with E-state index in [1.165, 1.54) is 5.57 Å². The third-order valence-electron chi connectivity index (χ3n) is 6.44. The molecule has 0 bridgehead atoms. The molecule has 1 aliphatic carbocycles. The molecule has 1 aromatic heterocycles. The zero-order valence-corrected chi connectivity index (χ0v) is 18.0. The van der Waals surface area contributed by atoms with Gasteiger partial charge in [0.1, 0.15) is 6.61 Å². The van der Waals surface area contributed by atoms with Gasteiger partial charge in [-0.25, -0.2) is 0 Å². The number of rotatable bonds is 6. The second kappa shape index (κ2) is 8.76. The molecule has 7 nitrogen and oxygen atoms in total. The Hall–Kier alpha value is -2.41. The smallest absolute Gasteiger partial charge is 0.310 e. The minimum atomic E-state index is -0.222. The van der Waals surface area contributed by atoms with E-state index in [-0.39, 0.29) is 23.9 Å². The molecule has 3 heterocycles. The highest BCUT2D eigenvalue weighted by atomic mass is 16.5. The van der Waals surface area contributed by atoms with Crippen LogP contribution in [0.3, 0.4) is 0 Å². The lowest BCUT2D eigenvalue weighted by Gasteiger charge is -2.36. The summed E-state index contributed by atoms with van der Waals surface area (Å²) in [4.78, 5) is 25.0. The number of carbonyl (C=O) groups is 2. The van der Waals surface area contributed by atoms with Gasteiger partial charge >= 0.3 is 5.97 Å². The molecule has 1 N–H and O–H groups in total. The van der Waals surface area contributed by atoms with Gasteiger partial charge in [-0.15, -0.1) is 0 Å². The van der Waals surface area contributed by atoms with Crippen molar-refractivity contribution in [3.8, 4) is 0 Å². The highest BCUT2D eigenvalue weighted by molar-refractivity contribution is 5.97. The number of ether oxygens (including phenoxy) is 2. The lowest BCUT2D eigenvalue weighted by atomic mass is 9.76. The highest BCUT2D eigenvalue weighted by Gasteiger charge is 2.39. The predicted molar refractivity (Wildman–Crippen MR) is 112 cm³/mol. The van der Waals surface area contributed by atoms with Gasteiger partial charge in [-0.3, -0.25) is 14.3 Å². The van der Waals surface area contributed by atoms with Gasteiger partial charge in [0.15, 0.2) is 0 Å². The molecule has 2 aliphatic heterocycles. The van der Waals surface area contributed by atoms with E-state index in [9.17, 15) is 9.59 Å². The zero-order valence-electron chi connectivity index (χ0n) is 18.0. The van der Waals surface area contributed by atoms with E-state index in [1.54, 1.807) is 0 Å². The molecule has 7 heteroatoms. The fourth-order valence-electron chi connectivity index (χ4n) is 4.67. The van der Waals surface area contributed by atoms with Crippen LogP contribution in [0.5, 0.6) is 0 Å². The van der Waals surface area contributed by atoms with Crippen LogP contribution in [0.25, 0.3) is 0 Å². The quantitative estimate of drug-likeness (QED) is 0.725. The lowest BCUT2D eigenvalue weighted by molar-refractivity contribution is -0.143. The zero-order chi connectivity index (χ0) is 21.1. The van der Waals surface area contributed by atoms with Crippen molar-refractivity contribution in [2.45, 2.75) is 58.9 Å². The van der Waals surface area contributed by atoms with Gasteiger partial charge in [0, 0.05) is 19.8 Å². The van der Waals surface area contributed by atoms with Gasteiger partial charge in [0.25, 0.3) is 5.91 Å². The lowest BCUT2D eigenvalue weighted by Crippen LogP contribution is -2.40. The summed E-state index contributed by atoms with van der Waals surface area (Å²) < 4.78 is 12.9. The second-order valence-electron chi connectivity index (χ2n) is 8.69. The van der Waals surface area contributed by atoms with Gasteiger partial charge < -0.3 is 14.8 Å². The van der Waals surface area contributed by atoms with Gasteiger partial charge in [-0.2, -0.15) is 5.10 Å². The van der Waals surface area contributed by atoms with Crippen LogP contribution in [0.1, 0.15) is 61.3 Å². The largest absolute Gasteiger partial charge is 0.463 e. The molecule has 0 radical (unpaired) electrons. The van der Waals surface area contributed by atoms with Crippen LogP contribution >= 0.6 is 0 Å². The molecule has 30 heavy (non-hydrogen) atoms. The summed E-state index contributed by atoms with van der Waals surface area (Å²) in [6, 6.07) is 0. The van der Waals surface area contributed by atoms with Crippen LogP contribution in [0.15, 0.2) is 23.3 Å². The Kier molecular flexibility index (Phi) is 6.09. The molecule has 1 amide bonds. The first-order chi connectivity index (χ1) is 14.5. The van der Waals surface area contributed by atoms with Crippen LogP contribution in [0.4, 0.5) is 0 Å². The van der Waals surface area contributed by atoms with Crippen LogP contribution in [-0.2, 0) is 33.7 Å². The molecule has 1 aromatic rings. The fraction of sp³-hybridized carbons (Fsp3) is 0.609. The Bertz CT molecular complexity index is 891. The number of amides is 1. The fourth-order valence-corrected chi connectivity index (χ4v) is 4.67. The Morgan fingerprint density at radius 2 is 2.17 bits per heavy atom. The molecule has 0 aromatic carbocycles. The van der Waals surface area contributed by atoms with Crippen LogP contribution in [0.2, 0.25) is 0 Å². The van der Waals surface area contributed by atoms with Crippen molar-refractivity contribution in [3.63, 3.8) is 0 Å². The predicted octanol–water partition coefficient (Wildman–Crippen LogP) is 2.74. The van der Waals surface area contributed by atoms with Crippen LogP contribution in [-0.4, -0.2) is 48.0 Å². The Balaban J connectivity index is 1.46. The number of nitrogens with zero attached hydrogens (tertiary/aromatic N) is 2. The first-order valence-electron chi connectivity index (χ1n) is 11.0. The third-order valence-corrected chi connectivity index (χ3v) is 6.44. The van der Waals surface area contributed by atoms with Crippen molar-refractivity contribution in [2.24, 2.45) is 5.41 Å². The number of carbonyl (C=O) groups excluding carboxylic acids is 2. The Labute approximate surface area is 177 Å². The number of hydrogen-bond donors (Lipinski definition) is 1. The molecule has 4 rings (SSSR count). The number of fused-ring (bicyclic) bond motifs is 1. The number of nitrogens with one attached hydrogen (secondary N) is 1.